The largest absolute Gasteiger partial charge is 0.465 e. The van der Waals surface area contributed by atoms with Gasteiger partial charge in [0.15, 0.2) is 4.99 Å². The van der Waals surface area contributed by atoms with Crippen LogP contribution >= 0.6 is 19.4 Å². The topological polar surface area (TPSA) is 82.1 Å². The average Bonchev–Trinajstić information content (AvgIpc) is 2.57. The van der Waals surface area contributed by atoms with E-state index in [4.69, 9.17) is 13.8 Å². The summed E-state index contributed by atoms with van der Waals surface area (Å²) in [5.41, 5.74) is 0.585. The molecule has 0 saturated carbocycles. The predicted octanol–water partition coefficient (Wildman–Crippen LogP) is 3.28. The van der Waals surface area contributed by atoms with Crippen LogP contribution in [0.25, 0.3) is 0 Å². The number of esters is 1. The molecule has 0 saturated heterocycles. The Morgan fingerprint density at radius 2 is 1.80 bits per heavy atom. The number of rotatable bonds is 8. The molecule has 0 fully saturated rings. The van der Waals surface area contributed by atoms with E-state index in [0.717, 1.165) is 16.7 Å². The lowest BCUT2D eigenvalue weighted by Crippen LogP contribution is -2.44. The fraction of sp³-hybridized carbons (Fsp3) is 0.500. The number of anilines is 1. The summed E-state index contributed by atoms with van der Waals surface area (Å²) in [5.74, 6) is -1.01. The Balaban J connectivity index is 2.41. The van der Waals surface area contributed by atoms with Crippen molar-refractivity contribution in [3.63, 3.8) is 0 Å². The molecule has 1 atom stereocenters. The van der Waals surface area contributed by atoms with Crippen molar-refractivity contribution >= 4 is 36.9 Å². The summed E-state index contributed by atoms with van der Waals surface area (Å²) < 4.78 is 28.8. The molecule has 0 spiro atoms. The second kappa shape index (κ2) is 8.85. The minimum absolute atomic E-state index is 0.154. The quantitative estimate of drug-likeness (QED) is 0.500. The van der Waals surface area contributed by atoms with Gasteiger partial charge in [-0.3, -0.25) is 19.1 Å². The van der Waals surface area contributed by atoms with Gasteiger partial charge in [-0.05, 0) is 32.9 Å². The molecule has 25 heavy (non-hydrogen) atoms. The summed E-state index contributed by atoms with van der Waals surface area (Å²) in [7, 11) is -3.68. The van der Waals surface area contributed by atoms with Gasteiger partial charge < -0.3 is 13.8 Å². The smallest absolute Gasteiger partial charge is 0.353 e. The maximum atomic E-state index is 13.1. The third kappa shape index (κ3) is 4.44. The van der Waals surface area contributed by atoms with Crippen LogP contribution in [-0.2, 0) is 27.9 Å². The van der Waals surface area contributed by atoms with Crippen molar-refractivity contribution in [2.75, 3.05) is 31.3 Å². The van der Waals surface area contributed by atoms with Crippen molar-refractivity contribution in [1.29, 1.82) is 0 Å². The molecule has 1 amide bonds. The van der Waals surface area contributed by atoms with Crippen LogP contribution < -0.4 is 4.90 Å². The molecule has 0 N–H and O–H groups in total. The van der Waals surface area contributed by atoms with Gasteiger partial charge in [-0.15, -0.1) is 0 Å². The van der Waals surface area contributed by atoms with Crippen molar-refractivity contribution in [2.45, 2.75) is 30.7 Å². The molecule has 1 aromatic rings. The van der Waals surface area contributed by atoms with Gasteiger partial charge in [0.05, 0.1) is 25.5 Å². The van der Waals surface area contributed by atoms with Gasteiger partial charge in [-0.1, -0.05) is 23.9 Å². The number of hydrogen-bond acceptors (Lipinski definition) is 7. The number of fused-ring (bicyclic) bond motifs is 1. The molecule has 0 radical (unpaired) electrons. The lowest BCUT2D eigenvalue weighted by Gasteiger charge is -2.35. The second-order valence-electron chi connectivity index (χ2n) is 5.04. The summed E-state index contributed by atoms with van der Waals surface area (Å²) >= 11 is 1.14. The number of hydrogen-bond donors (Lipinski definition) is 0. The molecule has 138 valence electrons. The Bertz CT molecular complexity index is 672. The van der Waals surface area contributed by atoms with E-state index < -0.39 is 24.5 Å². The van der Waals surface area contributed by atoms with Gasteiger partial charge in [0.2, 0.25) is 0 Å². The lowest BCUT2D eigenvalue weighted by atomic mass is 10.2. The summed E-state index contributed by atoms with van der Waals surface area (Å²) in [5, 5.41) is 0. The Kier molecular flexibility index (Phi) is 7.07. The van der Waals surface area contributed by atoms with Crippen LogP contribution in [0.4, 0.5) is 5.69 Å². The predicted molar refractivity (Wildman–Crippen MR) is 95.9 cm³/mol. The average molecular weight is 387 g/mol. The first-order valence-corrected chi connectivity index (χ1v) is 10.6. The Hall–Kier alpha value is -1.34. The third-order valence-electron chi connectivity index (χ3n) is 3.37. The molecule has 9 heteroatoms. The number of thioether (sulfide) groups is 1. The van der Waals surface area contributed by atoms with Crippen LogP contribution in [0, 0.1) is 0 Å². The van der Waals surface area contributed by atoms with Crippen LogP contribution in [-0.4, -0.2) is 43.2 Å². The highest BCUT2D eigenvalue weighted by Gasteiger charge is 2.48. The molecule has 1 heterocycles. The van der Waals surface area contributed by atoms with Gasteiger partial charge in [0, 0.05) is 4.90 Å². The van der Waals surface area contributed by atoms with E-state index in [1.807, 2.05) is 6.07 Å². The van der Waals surface area contributed by atoms with E-state index in [9.17, 15) is 14.2 Å². The molecule has 1 aliphatic heterocycles. The molecular weight excluding hydrogens is 365 g/mol. The first-order chi connectivity index (χ1) is 12.0. The molecule has 2 rings (SSSR count). The zero-order chi connectivity index (χ0) is 18.4. The highest BCUT2D eigenvalue weighted by molar-refractivity contribution is 8.06. The minimum Gasteiger partial charge on any atom is -0.465 e. The summed E-state index contributed by atoms with van der Waals surface area (Å²) in [6.07, 6.45) is 0. The zero-order valence-electron chi connectivity index (χ0n) is 14.5. The Labute approximate surface area is 151 Å². The molecule has 1 aromatic carbocycles. The van der Waals surface area contributed by atoms with Crippen molar-refractivity contribution in [3.05, 3.63) is 24.3 Å². The Morgan fingerprint density at radius 3 is 2.40 bits per heavy atom. The van der Waals surface area contributed by atoms with E-state index in [2.05, 4.69) is 0 Å². The van der Waals surface area contributed by atoms with Crippen molar-refractivity contribution in [1.82, 2.24) is 0 Å². The molecule has 0 bridgehead atoms. The number of ether oxygens (including phenoxy) is 1. The molecule has 0 aliphatic carbocycles. The number of amides is 1. The number of benzene rings is 1. The summed E-state index contributed by atoms with van der Waals surface area (Å²) in [4.78, 5) is 25.9. The third-order valence-corrected chi connectivity index (χ3v) is 7.52. The van der Waals surface area contributed by atoms with Crippen LogP contribution in [0.5, 0.6) is 0 Å². The molecule has 1 aliphatic rings. The van der Waals surface area contributed by atoms with Gasteiger partial charge in [-0.25, -0.2) is 0 Å². The monoisotopic (exact) mass is 387 g/mol. The molecule has 1 unspecified atom stereocenters. The standard InChI is InChI=1S/C16H22NO6PS/c1-4-21-14(18)11-17-12-9-7-8-10-13(12)25-16(15(17)19)24(20,22-5-2)23-6-3/h7-10,16H,4-6,11H2,1-3H3. The van der Waals surface area contributed by atoms with Crippen molar-refractivity contribution < 1.29 is 27.9 Å². The first-order valence-electron chi connectivity index (χ1n) is 8.08. The summed E-state index contributed by atoms with van der Waals surface area (Å²) in [6, 6.07) is 7.13. The maximum Gasteiger partial charge on any atom is 0.353 e. The number of carbonyl (C=O) groups is 2. The fourth-order valence-corrected chi connectivity index (χ4v) is 6.06. The highest BCUT2D eigenvalue weighted by atomic mass is 32.2. The van der Waals surface area contributed by atoms with E-state index in [0.29, 0.717) is 5.69 Å². The maximum absolute atomic E-state index is 13.1. The van der Waals surface area contributed by atoms with Crippen LogP contribution in [0.3, 0.4) is 0 Å². The SMILES string of the molecule is CCOC(=O)CN1C(=O)C(P(=O)(OCC)OCC)Sc2ccccc21. The highest BCUT2D eigenvalue weighted by Crippen LogP contribution is 2.61. The summed E-state index contributed by atoms with van der Waals surface area (Å²) in [6.45, 7) is 5.35. The number of para-hydroxylation sites is 1. The van der Waals surface area contributed by atoms with Crippen LogP contribution in [0.1, 0.15) is 20.8 Å². The van der Waals surface area contributed by atoms with Gasteiger partial charge >= 0.3 is 13.6 Å². The molecular formula is C16H22NO6PS. The van der Waals surface area contributed by atoms with Crippen LogP contribution in [0.2, 0.25) is 0 Å². The van der Waals surface area contributed by atoms with Gasteiger partial charge in [0.1, 0.15) is 6.54 Å². The minimum atomic E-state index is -3.68. The van der Waals surface area contributed by atoms with Crippen molar-refractivity contribution in [3.8, 4) is 0 Å². The first kappa shape index (κ1) is 20.0. The number of carbonyl (C=O) groups excluding carboxylic acids is 2. The van der Waals surface area contributed by atoms with E-state index >= 15 is 0 Å². The van der Waals surface area contributed by atoms with E-state index in [1.54, 1.807) is 39.0 Å². The lowest BCUT2D eigenvalue weighted by molar-refractivity contribution is -0.142. The normalized spacial score (nSPS) is 17.3. The zero-order valence-corrected chi connectivity index (χ0v) is 16.2. The molecule has 7 nitrogen and oxygen atoms in total. The van der Waals surface area contributed by atoms with Crippen LogP contribution in [0.15, 0.2) is 29.2 Å². The van der Waals surface area contributed by atoms with E-state index in [-0.39, 0.29) is 26.4 Å². The van der Waals surface area contributed by atoms with Gasteiger partial charge in [-0.2, -0.15) is 0 Å². The van der Waals surface area contributed by atoms with E-state index in [1.165, 1.54) is 4.90 Å². The molecule has 0 aromatic heterocycles. The fourth-order valence-electron chi connectivity index (χ4n) is 2.43. The Morgan fingerprint density at radius 1 is 1.16 bits per heavy atom. The van der Waals surface area contributed by atoms with Crippen molar-refractivity contribution in [2.24, 2.45) is 0 Å². The number of nitrogens with zero attached hydrogens (tertiary/aromatic N) is 1. The van der Waals surface area contributed by atoms with Gasteiger partial charge in [0.25, 0.3) is 5.91 Å². The second-order valence-corrected chi connectivity index (χ2v) is 8.65.